The Balaban J connectivity index is 1.50. The summed E-state index contributed by atoms with van der Waals surface area (Å²) in [5.74, 6) is 4.11. The number of thioether (sulfide) groups is 1. The fourth-order valence-corrected chi connectivity index (χ4v) is 4.09. The minimum Gasteiger partial charge on any atom is -0.379 e. The predicted octanol–water partition coefficient (Wildman–Crippen LogP) is 1.58. The first-order valence-corrected chi connectivity index (χ1v) is 10.6. The smallest absolute Gasteiger partial charge is 0.146 e. The van der Waals surface area contributed by atoms with Crippen molar-refractivity contribution >= 4 is 11.8 Å². The molecule has 6 nitrogen and oxygen atoms in total. The summed E-state index contributed by atoms with van der Waals surface area (Å²) in [7, 11) is 2.13. The number of morpholine rings is 1. The highest BCUT2D eigenvalue weighted by atomic mass is 32.2. The zero-order chi connectivity index (χ0) is 16.8. The van der Waals surface area contributed by atoms with Crippen molar-refractivity contribution in [3.05, 3.63) is 11.6 Å². The molecule has 1 aromatic rings. The van der Waals surface area contributed by atoms with Gasteiger partial charge >= 0.3 is 0 Å². The van der Waals surface area contributed by atoms with E-state index in [0.717, 1.165) is 38.7 Å². The Hall–Kier alpha value is -0.630. The van der Waals surface area contributed by atoms with Crippen LogP contribution < -0.4 is 0 Å². The molecule has 2 aliphatic heterocycles. The topological polar surface area (TPSA) is 46.4 Å². The molecule has 0 amide bonds. The zero-order valence-corrected chi connectivity index (χ0v) is 15.9. The fourth-order valence-electron chi connectivity index (χ4n) is 3.68. The third-order valence-corrected chi connectivity index (χ3v) is 5.94. The number of aromatic nitrogens is 3. The molecule has 1 aromatic heterocycles. The van der Waals surface area contributed by atoms with Crippen LogP contribution in [0.15, 0.2) is 0 Å². The number of ether oxygens (including phenoxy) is 1. The zero-order valence-electron chi connectivity index (χ0n) is 15.1. The van der Waals surface area contributed by atoms with Gasteiger partial charge in [-0.1, -0.05) is 0 Å². The van der Waals surface area contributed by atoms with E-state index in [0.29, 0.717) is 5.92 Å². The van der Waals surface area contributed by atoms with Crippen molar-refractivity contribution in [3.8, 4) is 0 Å². The first kappa shape index (κ1) is 18.2. The molecule has 0 aliphatic carbocycles. The molecule has 2 aliphatic rings. The molecule has 0 saturated carbocycles. The SMILES string of the molecule is CSCCCN1CCC(c2nnc(CN3CCOCC3)n2C)CC1. The minimum atomic E-state index is 0.567. The van der Waals surface area contributed by atoms with Gasteiger partial charge in [0.15, 0.2) is 0 Å². The summed E-state index contributed by atoms with van der Waals surface area (Å²) >= 11 is 1.95. The molecule has 3 heterocycles. The number of piperidine rings is 1. The second kappa shape index (κ2) is 9.17. The lowest BCUT2D eigenvalue weighted by atomic mass is 9.96. The minimum absolute atomic E-state index is 0.567. The number of hydrogen-bond acceptors (Lipinski definition) is 6. The summed E-state index contributed by atoms with van der Waals surface area (Å²) in [5, 5.41) is 9.02. The van der Waals surface area contributed by atoms with Gasteiger partial charge in [-0.3, -0.25) is 4.90 Å². The van der Waals surface area contributed by atoms with Gasteiger partial charge < -0.3 is 14.2 Å². The molecule has 0 radical (unpaired) electrons. The van der Waals surface area contributed by atoms with Crippen LogP contribution in [0.25, 0.3) is 0 Å². The van der Waals surface area contributed by atoms with Crippen LogP contribution in [0.2, 0.25) is 0 Å². The maximum atomic E-state index is 5.42. The molecular formula is C17H31N5OS. The lowest BCUT2D eigenvalue weighted by molar-refractivity contribution is 0.0326. The normalized spacial score (nSPS) is 21.4. The third kappa shape index (κ3) is 4.71. The molecule has 0 unspecified atom stereocenters. The van der Waals surface area contributed by atoms with Gasteiger partial charge in [0, 0.05) is 26.1 Å². The standard InChI is InChI=1S/C17H31N5OS/c1-20-16(14-22-9-11-23-12-10-22)18-19-17(20)15-4-7-21(8-5-15)6-3-13-24-2/h15H,3-14H2,1-2H3. The van der Waals surface area contributed by atoms with E-state index >= 15 is 0 Å². The van der Waals surface area contributed by atoms with Crippen molar-refractivity contribution < 1.29 is 4.74 Å². The van der Waals surface area contributed by atoms with E-state index < -0.39 is 0 Å². The summed E-state index contributed by atoms with van der Waals surface area (Å²) in [6.45, 7) is 8.19. The number of likely N-dealkylation sites (tertiary alicyclic amines) is 1. The quantitative estimate of drug-likeness (QED) is 0.694. The highest BCUT2D eigenvalue weighted by Crippen LogP contribution is 2.27. The Bertz CT molecular complexity index is 495. The van der Waals surface area contributed by atoms with Gasteiger partial charge in [0.05, 0.1) is 19.8 Å². The lowest BCUT2D eigenvalue weighted by Crippen LogP contribution is -2.36. The molecule has 7 heteroatoms. The van der Waals surface area contributed by atoms with Crippen LogP contribution in [0.4, 0.5) is 0 Å². The third-order valence-electron chi connectivity index (χ3n) is 5.24. The molecule has 0 atom stereocenters. The van der Waals surface area contributed by atoms with Crippen molar-refractivity contribution in [1.82, 2.24) is 24.6 Å². The summed E-state index contributed by atoms with van der Waals surface area (Å²) in [6.07, 6.45) is 5.92. The largest absolute Gasteiger partial charge is 0.379 e. The van der Waals surface area contributed by atoms with Crippen LogP contribution >= 0.6 is 11.8 Å². The Labute approximate surface area is 149 Å². The molecule has 2 fully saturated rings. The fraction of sp³-hybridized carbons (Fsp3) is 0.882. The van der Waals surface area contributed by atoms with Crippen molar-refractivity contribution in [2.45, 2.75) is 31.7 Å². The maximum absolute atomic E-state index is 5.42. The molecule has 0 aromatic carbocycles. The first-order valence-electron chi connectivity index (χ1n) is 9.17. The van der Waals surface area contributed by atoms with Crippen molar-refractivity contribution in [2.24, 2.45) is 7.05 Å². The number of hydrogen-bond donors (Lipinski definition) is 0. The maximum Gasteiger partial charge on any atom is 0.146 e. The van der Waals surface area contributed by atoms with E-state index in [-0.39, 0.29) is 0 Å². The molecule has 136 valence electrons. The van der Waals surface area contributed by atoms with Crippen LogP contribution in [0, 0.1) is 0 Å². The summed E-state index contributed by atoms with van der Waals surface area (Å²) in [6, 6.07) is 0. The van der Waals surface area contributed by atoms with Gasteiger partial charge in [-0.2, -0.15) is 11.8 Å². The molecule has 24 heavy (non-hydrogen) atoms. The summed E-state index contributed by atoms with van der Waals surface area (Å²) in [5.41, 5.74) is 0. The molecule has 0 N–H and O–H groups in total. The Morgan fingerprint density at radius 1 is 1.08 bits per heavy atom. The van der Waals surface area contributed by atoms with Crippen molar-refractivity contribution in [2.75, 3.05) is 57.9 Å². The summed E-state index contributed by atoms with van der Waals surface area (Å²) in [4.78, 5) is 5.02. The Morgan fingerprint density at radius 3 is 2.54 bits per heavy atom. The second-order valence-electron chi connectivity index (χ2n) is 6.88. The first-order chi connectivity index (χ1) is 11.8. The highest BCUT2D eigenvalue weighted by molar-refractivity contribution is 7.98. The molecule has 0 bridgehead atoms. The van der Waals surface area contributed by atoms with Gasteiger partial charge in [-0.05, 0) is 50.9 Å². The molecular weight excluding hydrogens is 322 g/mol. The lowest BCUT2D eigenvalue weighted by Gasteiger charge is -2.31. The highest BCUT2D eigenvalue weighted by Gasteiger charge is 2.25. The van der Waals surface area contributed by atoms with Gasteiger partial charge in [0.1, 0.15) is 11.6 Å². The summed E-state index contributed by atoms with van der Waals surface area (Å²) < 4.78 is 7.66. The molecule has 3 rings (SSSR count). The second-order valence-corrected chi connectivity index (χ2v) is 7.87. The van der Waals surface area contributed by atoms with E-state index in [2.05, 4.69) is 37.9 Å². The van der Waals surface area contributed by atoms with Gasteiger partial charge in [0.2, 0.25) is 0 Å². The van der Waals surface area contributed by atoms with Gasteiger partial charge in [-0.25, -0.2) is 0 Å². The van der Waals surface area contributed by atoms with Crippen LogP contribution in [0.3, 0.4) is 0 Å². The van der Waals surface area contributed by atoms with Gasteiger partial charge in [-0.15, -0.1) is 10.2 Å². The van der Waals surface area contributed by atoms with E-state index in [4.69, 9.17) is 4.74 Å². The van der Waals surface area contributed by atoms with Crippen LogP contribution in [-0.2, 0) is 18.3 Å². The van der Waals surface area contributed by atoms with Crippen LogP contribution in [-0.4, -0.2) is 82.5 Å². The number of rotatable bonds is 7. The average molecular weight is 354 g/mol. The predicted molar refractivity (Wildman–Crippen MR) is 98.5 cm³/mol. The monoisotopic (exact) mass is 353 g/mol. The van der Waals surface area contributed by atoms with Crippen molar-refractivity contribution in [1.29, 1.82) is 0 Å². The van der Waals surface area contributed by atoms with E-state index in [9.17, 15) is 0 Å². The Morgan fingerprint density at radius 2 is 1.83 bits per heavy atom. The number of nitrogens with zero attached hydrogens (tertiary/aromatic N) is 5. The average Bonchev–Trinajstić information content (AvgIpc) is 2.97. The van der Waals surface area contributed by atoms with Crippen LogP contribution in [0.1, 0.15) is 36.8 Å². The molecule has 0 spiro atoms. The van der Waals surface area contributed by atoms with E-state index in [1.807, 2.05) is 11.8 Å². The van der Waals surface area contributed by atoms with Crippen molar-refractivity contribution in [3.63, 3.8) is 0 Å². The Kier molecular flexibility index (Phi) is 6.95. The van der Waals surface area contributed by atoms with E-state index in [1.54, 1.807) is 0 Å². The van der Waals surface area contributed by atoms with Gasteiger partial charge in [0.25, 0.3) is 0 Å². The molecule has 2 saturated heterocycles. The van der Waals surface area contributed by atoms with Crippen LogP contribution in [0.5, 0.6) is 0 Å². The van der Waals surface area contributed by atoms with E-state index in [1.165, 1.54) is 50.5 Å².